The second-order valence-corrected chi connectivity index (χ2v) is 2.83. The number of carbonyl (C=O) groups is 2. The summed E-state index contributed by atoms with van der Waals surface area (Å²) < 4.78 is 0. The lowest BCUT2D eigenvalue weighted by Crippen LogP contribution is -2.42. The first-order chi connectivity index (χ1) is 6.11. The van der Waals surface area contributed by atoms with E-state index < -0.39 is 17.9 Å². The molecular formula is C7H12N2O4. The first-order valence-electron chi connectivity index (χ1n) is 4.03. The van der Waals surface area contributed by atoms with Gasteiger partial charge in [-0.3, -0.25) is 14.4 Å². The van der Waals surface area contributed by atoms with E-state index in [0.717, 1.165) is 11.5 Å². The molecule has 1 amide bonds. The molecule has 6 heteroatoms. The molecule has 13 heavy (non-hydrogen) atoms. The van der Waals surface area contributed by atoms with Crippen molar-refractivity contribution in [3.8, 4) is 0 Å². The van der Waals surface area contributed by atoms with Crippen molar-refractivity contribution in [2.45, 2.75) is 18.9 Å². The van der Waals surface area contributed by atoms with E-state index in [2.05, 4.69) is 0 Å². The van der Waals surface area contributed by atoms with Gasteiger partial charge in [0.2, 0.25) is 0 Å². The molecule has 74 valence electrons. The second kappa shape index (κ2) is 4.20. The van der Waals surface area contributed by atoms with Crippen LogP contribution in [0, 0.1) is 0 Å². The zero-order valence-corrected chi connectivity index (χ0v) is 7.10. The average Bonchev–Trinajstić information content (AvgIpc) is 2.53. The number of carbonyl (C=O) groups excluding carboxylic acids is 1. The van der Waals surface area contributed by atoms with Crippen molar-refractivity contribution in [3.05, 3.63) is 0 Å². The molecule has 1 aliphatic rings. The van der Waals surface area contributed by atoms with Crippen LogP contribution in [0.15, 0.2) is 0 Å². The van der Waals surface area contributed by atoms with Gasteiger partial charge in [0.05, 0.1) is 25.6 Å². The summed E-state index contributed by atoms with van der Waals surface area (Å²) in [6.45, 7) is 0.984. The van der Waals surface area contributed by atoms with Crippen molar-refractivity contribution in [1.29, 1.82) is 0 Å². The Hall–Kier alpha value is -1.14. The van der Waals surface area contributed by atoms with Gasteiger partial charge in [-0.25, -0.2) is 5.06 Å². The van der Waals surface area contributed by atoms with Crippen LogP contribution < -0.4 is 5.73 Å². The SMILES string of the molecule is NC(CC(=O)O)C(=O)N1CCCO1. The third kappa shape index (κ3) is 2.67. The number of rotatable bonds is 3. The van der Waals surface area contributed by atoms with Crippen LogP contribution in [0.2, 0.25) is 0 Å². The van der Waals surface area contributed by atoms with Crippen molar-refractivity contribution in [2.24, 2.45) is 5.73 Å². The van der Waals surface area contributed by atoms with E-state index in [1.807, 2.05) is 0 Å². The minimum absolute atomic E-state index is 0.362. The summed E-state index contributed by atoms with van der Waals surface area (Å²) >= 11 is 0. The predicted octanol–water partition coefficient (Wildman–Crippen LogP) is -1.05. The zero-order chi connectivity index (χ0) is 9.84. The molecule has 1 saturated heterocycles. The summed E-state index contributed by atoms with van der Waals surface area (Å²) in [4.78, 5) is 26.5. The molecule has 0 saturated carbocycles. The van der Waals surface area contributed by atoms with Crippen LogP contribution in [0.25, 0.3) is 0 Å². The molecule has 1 fully saturated rings. The monoisotopic (exact) mass is 188 g/mol. The van der Waals surface area contributed by atoms with Crippen LogP contribution in [0.3, 0.4) is 0 Å². The molecule has 1 unspecified atom stereocenters. The Morgan fingerprint density at radius 1 is 1.62 bits per heavy atom. The summed E-state index contributed by atoms with van der Waals surface area (Å²) in [6, 6.07) is -1.00. The molecule has 0 aromatic rings. The van der Waals surface area contributed by atoms with Crippen LogP contribution in [0.5, 0.6) is 0 Å². The van der Waals surface area contributed by atoms with Crippen molar-refractivity contribution < 1.29 is 19.5 Å². The van der Waals surface area contributed by atoms with Gasteiger partial charge < -0.3 is 10.8 Å². The Balaban J connectivity index is 2.41. The normalized spacial score (nSPS) is 18.7. The van der Waals surface area contributed by atoms with Crippen molar-refractivity contribution in [1.82, 2.24) is 5.06 Å². The van der Waals surface area contributed by atoms with E-state index in [1.54, 1.807) is 0 Å². The number of aliphatic carboxylic acids is 1. The number of carboxylic acid groups (broad SMARTS) is 1. The maximum Gasteiger partial charge on any atom is 0.305 e. The summed E-state index contributed by atoms with van der Waals surface area (Å²) in [7, 11) is 0. The zero-order valence-electron chi connectivity index (χ0n) is 7.10. The number of hydrogen-bond acceptors (Lipinski definition) is 4. The molecule has 1 rings (SSSR count). The average molecular weight is 188 g/mol. The molecule has 1 heterocycles. The molecule has 6 nitrogen and oxygen atoms in total. The van der Waals surface area contributed by atoms with Crippen molar-refractivity contribution in [2.75, 3.05) is 13.2 Å². The lowest BCUT2D eigenvalue weighted by atomic mass is 10.2. The van der Waals surface area contributed by atoms with Gasteiger partial charge in [-0.05, 0) is 6.42 Å². The van der Waals surface area contributed by atoms with E-state index in [4.69, 9.17) is 15.7 Å². The van der Waals surface area contributed by atoms with Crippen LogP contribution in [-0.4, -0.2) is 41.2 Å². The fraction of sp³-hybridized carbons (Fsp3) is 0.714. The van der Waals surface area contributed by atoms with Crippen molar-refractivity contribution in [3.63, 3.8) is 0 Å². The van der Waals surface area contributed by atoms with Gasteiger partial charge in [0.15, 0.2) is 0 Å². The molecular weight excluding hydrogens is 176 g/mol. The molecule has 0 aliphatic carbocycles. The summed E-state index contributed by atoms with van der Waals surface area (Å²) in [6.07, 6.45) is 0.407. The van der Waals surface area contributed by atoms with Crippen LogP contribution in [-0.2, 0) is 14.4 Å². The Bertz CT molecular complexity index is 213. The minimum atomic E-state index is -1.08. The predicted molar refractivity (Wildman–Crippen MR) is 42.5 cm³/mol. The smallest absolute Gasteiger partial charge is 0.305 e. The Kier molecular flexibility index (Phi) is 3.21. The minimum Gasteiger partial charge on any atom is -0.481 e. The third-order valence-corrected chi connectivity index (χ3v) is 1.71. The largest absolute Gasteiger partial charge is 0.481 e. The summed E-state index contributed by atoms with van der Waals surface area (Å²) in [5, 5.41) is 9.52. The maximum absolute atomic E-state index is 11.3. The molecule has 0 aromatic heterocycles. The highest BCUT2D eigenvalue weighted by atomic mass is 16.7. The number of amides is 1. The lowest BCUT2D eigenvalue weighted by Gasteiger charge is -2.17. The van der Waals surface area contributed by atoms with Crippen LogP contribution >= 0.6 is 0 Å². The van der Waals surface area contributed by atoms with Gasteiger partial charge in [0, 0.05) is 0 Å². The van der Waals surface area contributed by atoms with Gasteiger partial charge in [0.25, 0.3) is 5.91 Å². The van der Waals surface area contributed by atoms with Gasteiger partial charge in [-0.1, -0.05) is 0 Å². The van der Waals surface area contributed by atoms with E-state index in [9.17, 15) is 9.59 Å². The van der Waals surface area contributed by atoms with Crippen molar-refractivity contribution >= 4 is 11.9 Å². The molecule has 0 aromatic carbocycles. The molecule has 3 N–H and O–H groups in total. The highest BCUT2D eigenvalue weighted by molar-refractivity contribution is 5.85. The molecule has 0 bridgehead atoms. The molecule has 1 aliphatic heterocycles. The lowest BCUT2D eigenvalue weighted by molar-refractivity contribution is -0.171. The topological polar surface area (TPSA) is 92.9 Å². The van der Waals surface area contributed by atoms with Crippen LogP contribution in [0.1, 0.15) is 12.8 Å². The fourth-order valence-corrected chi connectivity index (χ4v) is 1.08. The highest BCUT2D eigenvalue weighted by Crippen LogP contribution is 2.06. The van der Waals surface area contributed by atoms with Gasteiger partial charge in [-0.15, -0.1) is 0 Å². The number of hydroxylamine groups is 2. The third-order valence-electron chi connectivity index (χ3n) is 1.71. The summed E-state index contributed by atoms with van der Waals surface area (Å²) in [5.74, 6) is -1.54. The number of nitrogens with zero attached hydrogens (tertiary/aromatic N) is 1. The molecule has 0 spiro atoms. The van der Waals surface area contributed by atoms with Gasteiger partial charge >= 0.3 is 5.97 Å². The Labute approximate surface area is 75.2 Å². The molecule has 0 radical (unpaired) electrons. The standard InChI is InChI=1S/C7H12N2O4/c8-5(4-6(10)11)7(12)9-2-1-3-13-9/h5H,1-4,8H2,(H,10,11). The van der Waals surface area contributed by atoms with Gasteiger partial charge in [0.1, 0.15) is 0 Å². The maximum atomic E-state index is 11.3. The number of carboxylic acids is 1. The number of nitrogens with two attached hydrogens (primary N) is 1. The Morgan fingerprint density at radius 3 is 2.77 bits per heavy atom. The number of hydrogen-bond donors (Lipinski definition) is 2. The highest BCUT2D eigenvalue weighted by Gasteiger charge is 2.26. The van der Waals surface area contributed by atoms with E-state index in [1.165, 1.54) is 0 Å². The van der Waals surface area contributed by atoms with E-state index in [0.29, 0.717) is 13.2 Å². The van der Waals surface area contributed by atoms with Crippen LogP contribution in [0.4, 0.5) is 0 Å². The van der Waals surface area contributed by atoms with E-state index in [-0.39, 0.29) is 6.42 Å². The van der Waals surface area contributed by atoms with E-state index >= 15 is 0 Å². The second-order valence-electron chi connectivity index (χ2n) is 2.83. The Morgan fingerprint density at radius 2 is 2.31 bits per heavy atom. The summed E-state index contributed by atoms with van der Waals surface area (Å²) in [5.41, 5.74) is 5.35. The first kappa shape index (κ1) is 9.94. The fourth-order valence-electron chi connectivity index (χ4n) is 1.08. The first-order valence-corrected chi connectivity index (χ1v) is 4.03. The quantitative estimate of drug-likeness (QED) is 0.589. The molecule has 1 atom stereocenters. The van der Waals surface area contributed by atoms with Gasteiger partial charge in [-0.2, -0.15) is 0 Å².